The van der Waals surface area contributed by atoms with Gasteiger partial charge in [-0.3, -0.25) is 0 Å². The van der Waals surface area contributed by atoms with E-state index in [0.717, 1.165) is 5.57 Å². The summed E-state index contributed by atoms with van der Waals surface area (Å²) in [7, 11) is 0. The maximum atomic E-state index is 11.3. The van der Waals surface area contributed by atoms with Gasteiger partial charge in [-0.05, 0) is 20.8 Å². The minimum atomic E-state index is -0.406. The van der Waals surface area contributed by atoms with Crippen LogP contribution in [-0.2, 0) is 14.3 Å². The van der Waals surface area contributed by atoms with Gasteiger partial charge in [-0.2, -0.15) is 0 Å². The van der Waals surface area contributed by atoms with Gasteiger partial charge in [-0.1, -0.05) is 30.4 Å². The van der Waals surface area contributed by atoms with E-state index in [-0.39, 0.29) is 13.2 Å². The van der Waals surface area contributed by atoms with Crippen LogP contribution in [0.1, 0.15) is 20.8 Å². The highest BCUT2D eigenvalue weighted by molar-refractivity contribution is 5.88. The Hall–Kier alpha value is -1.35. The van der Waals surface area contributed by atoms with Crippen molar-refractivity contribution < 1.29 is 14.3 Å². The molecule has 0 aliphatic heterocycles. The molecular weight excluding hydrogens is 204 g/mol. The summed E-state index contributed by atoms with van der Waals surface area (Å²) in [6.45, 7) is 10.4. The first kappa shape index (κ1) is 14.6. The fraction of sp³-hybridized carbons (Fsp3) is 0.462. The summed E-state index contributed by atoms with van der Waals surface area (Å²) in [5.74, 6) is -0.406. The number of carbonyl (C=O) groups is 1. The van der Waals surface area contributed by atoms with E-state index in [4.69, 9.17) is 9.47 Å². The van der Waals surface area contributed by atoms with Crippen molar-refractivity contribution in [3.63, 3.8) is 0 Å². The zero-order valence-corrected chi connectivity index (χ0v) is 10.3. The molecule has 3 nitrogen and oxygen atoms in total. The Labute approximate surface area is 97.4 Å². The number of allylic oxidation sites excluding steroid dienone is 2. The Kier molecular flexibility index (Phi) is 8.17. The lowest BCUT2D eigenvalue weighted by atomic mass is 10.3. The van der Waals surface area contributed by atoms with Gasteiger partial charge in [0.1, 0.15) is 6.61 Å². The third kappa shape index (κ3) is 7.01. The van der Waals surface area contributed by atoms with Gasteiger partial charge in [0.05, 0.1) is 18.8 Å². The van der Waals surface area contributed by atoms with Crippen LogP contribution >= 0.6 is 0 Å². The predicted octanol–water partition coefficient (Wildman–Crippen LogP) is 2.64. The zero-order chi connectivity index (χ0) is 12.4. The van der Waals surface area contributed by atoms with Gasteiger partial charge in [0.2, 0.25) is 0 Å². The van der Waals surface area contributed by atoms with E-state index in [0.29, 0.717) is 12.2 Å². The Balaban J connectivity index is 3.75. The van der Waals surface area contributed by atoms with Gasteiger partial charge < -0.3 is 9.47 Å². The van der Waals surface area contributed by atoms with E-state index >= 15 is 0 Å². The fourth-order valence-corrected chi connectivity index (χ4v) is 0.800. The summed E-state index contributed by atoms with van der Waals surface area (Å²) < 4.78 is 10.2. The third-order valence-electron chi connectivity index (χ3n) is 1.93. The summed E-state index contributed by atoms with van der Waals surface area (Å²) in [6.07, 6.45) is 5.55. The first-order chi connectivity index (χ1) is 7.61. The number of hydrogen-bond acceptors (Lipinski definition) is 3. The summed E-state index contributed by atoms with van der Waals surface area (Å²) in [6, 6.07) is 0. The molecule has 0 unspecified atom stereocenters. The number of hydrogen-bond donors (Lipinski definition) is 0. The molecule has 90 valence electrons. The molecule has 16 heavy (non-hydrogen) atoms. The van der Waals surface area contributed by atoms with Crippen LogP contribution < -0.4 is 0 Å². The molecule has 0 spiro atoms. The van der Waals surface area contributed by atoms with Crippen LogP contribution in [-0.4, -0.2) is 25.8 Å². The first-order valence-corrected chi connectivity index (χ1v) is 5.27. The van der Waals surface area contributed by atoms with Gasteiger partial charge >= 0.3 is 5.97 Å². The molecule has 0 saturated heterocycles. The van der Waals surface area contributed by atoms with Crippen LogP contribution in [0.3, 0.4) is 0 Å². The number of carbonyl (C=O) groups excluding carboxylic acids is 1. The average Bonchev–Trinajstić information content (AvgIpc) is 2.28. The normalized spacial score (nSPS) is 11.8. The van der Waals surface area contributed by atoms with Gasteiger partial charge in [-0.15, -0.1) is 0 Å². The largest absolute Gasteiger partial charge is 0.458 e. The van der Waals surface area contributed by atoms with Crippen LogP contribution in [0.4, 0.5) is 0 Å². The molecule has 0 radical (unpaired) electrons. The van der Waals surface area contributed by atoms with Crippen LogP contribution in [0.2, 0.25) is 0 Å². The van der Waals surface area contributed by atoms with E-state index in [1.165, 1.54) is 0 Å². The molecule has 0 fully saturated rings. The number of ether oxygens (including phenoxy) is 2. The SMILES string of the molecule is C=C(COCC(C)=CC)C(=O)OCC=CC. The van der Waals surface area contributed by atoms with E-state index in [1.54, 1.807) is 6.08 Å². The summed E-state index contributed by atoms with van der Waals surface area (Å²) in [5, 5.41) is 0. The molecule has 0 heterocycles. The molecule has 0 saturated carbocycles. The highest BCUT2D eigenvalue weighted by Crippen LogP contribution is 1.99. The first-order valence-electron chi connectivity index (χ1n) is 5.27. The van der Waals surface area contributed by atoms with E-state index in [1.807, 2.05) is 32.9 Å². The third-order valence-corrected chi connectivity index (χ3v) is 1.93. The summed E-state index contributed by atoms with van der Waals surface area (Å²) in [4.78, 5) is 11.3. The van der Waals surface area contributed by atoms with Crippen molar-refractivity contribution in [1.29, 1.82) is 0 Å². The van der Waals surface area contributed by atoms with E-state index in [2.05, 4.69) is 6.58 Å². The lowest BCUT2D eigenvalue weighted by molar-refractivity contribution is -0.138. The lowest BCUT2D eigenvalue weighted by Crippen LogP contribution is -2.12. The molecule has 0 aromatic rings. The second-order valence-corrected chi connectivity index (χ2v) is 3.40. The lowest BCUT2D eigenvalue weighted by Gasteiger charge is -2.06. The highest BCUT2D eigenvalue weighted by Gasteiger charge is 2.07. The van der Waals surface area contributed by atoms with Crippen LogP contribution in [0, 0.1) is 0 Å². The van der Waals surface area contributed by atoms with E-state index < -0.39 is 5.97 Å². The molecule has 0 bridgehead atoms. The topological polar surface area (TPSA) is 35.5 Å². The Bertz CT molecular complexity index is 288. The summed E-state index contributed by atoms with van der Waals surface area (Å²) in [5.41, 5.74) is 1.46. The van der Waals surface area contributed by atoms with Gasteiger partial charge in [0, 0.05) is 0 Å². The van der Waals surface area contributed by atoms with Crippen molar-refractivity contribution in [2.24, 2.45) is 0 Å². The van der Waals surface area contributed by atoms with Crippen molar-refractivity contribution >= 4 is 5.97 Å². The maximum absolute atomic E-state index is 11.3. The molecule has 0 amide bonds. The molecule has 0 N–H and O–H groups in total. The molecular formula is C13H20O3. The Morgan fingerprint density at radius 1 is 1.31 bits per heavy atom. The van der Waals surface area contributed by atoms with Gasteiger partial charge in [-0.25, -0.2) is 4.79 Å². The summed E-state index contributed by atoms with van der Waals surface area (Å²) >= 11 is 0. The minimum Gasteiger partial charge on any atom is -0.458 e. The second kappa shape index (κ2) is 8.92. The molecule has 0 aromatic carbocycles. The predicted molar refractivity (Wildman–Crippen MR) is 65.2 cm³/mol. The molecule has 0 aliphatic carbocycles. The minimum absolute atomic E-state index is 0.208. The van der Waals surface area contributed by atoms with Gasteiger partial charge in [0.15, 0.2) is 0 Å². The Morgan fingerprint density at radius 2 is 2.00 bits per heavy atom. The van der Waals surface area contributed by atoms with Crippen molar-refractivity contribution in [2.75, 3.05) is 19.8 Å². The molecule has 0 aliphatic rings. The number of rotatable bonds is 7. The maximum Gasteiger partial charge on any atom is 0.336 e. The highest BCUT2D eigenvalue weighted by atomic mass is 16.5. The molecule has 0 aromatic heterocycles. The quantitative estimate of drug-likeness (QED) is 0.379. The zero-order valence-electron chi connectivity index (χ0n) is 10.3. The standard InChI is InChI=1S/C13H20O3/c1-5-7-8-16-13(14)12(4)10-15-9-11(3)6-2/h5-7H,4,8-10H2,1-3H3. The van der Waals surface area contributed by atoms with Gasteiger partial charge in [0.25, 0.3) is 0 Å². The Morgan fingerprint density at radius 3 is 2.56 bits per heavy atom. The number of esters is 1. The van der Waals surface area contributed by atoms with Crippen molar-refractivity contribution in [3.8, 4) is 0 Å². The monoisotopic (exact) mass is 224 g/mol. The average molecular weight is 224 g/mol. The smallest absolute Gasteiger partial charge is 0.336 e. The molecule has 0 atom stereocenters. The van der Waals surface area contributed by atoms with Crippen molar-refractivity contribution in [2.45, 2.75) is 20.8 Å². The van der Waals surface area contributed by atoms with Crippen molar-refractivity contribution in [3.05, 3.63) is 36.0 Å². The fourth-order valence-electron chi connectivity index (χ4n) is 0.800. The molecule has 3 heteroatoms. The van der Waals surface area contributed by atoms with Crippen LogP contribution in [0.5, 0.6) is 0 Å². The second-order valence-electron chi connectivity index (χ2n) is 3.40. The molecule has 0 rings (SSSR count). The van der Waals surface area contributed by atoms with E-state index in [9.17, 15) is 4.79 Å². The van der Waals surface area contributed by atoms with Crippen LogP contribution in [0.15, 0.2) is 36.0 Å². The van der Waals surface area contributed by atoms with Crippen LogP contribution in [0.25, 0.3) is 0 Å². The van der Waals surface area contributed by atoms with Crippen molar-refractivity contribution in [1.82, 2.24) is 0 Å².